The molecule has 0 nitrogen and oxygen atoms in total. The Bertz CT molecular complexity index is 3010. The first kappa shape index (κ1) is 51.5. The SMILES string of the molecule is CSc1cc(C(c2cc(SC)c3ccc(C(C)(C)C)ccc2-3)=c2ccc(=C(c3cc(SC)c4ccc(C(C)(C)C)ccc3-4)c3cc(SC)c4ccc(C(C)(C)C)ccc3-4)s2)c2ccc(C(C)(C)C)ccc1-2. The van der Waals surface area contributed by atoms with E-state index in [0.29, 0.717) is 0 Å². The highest BCUT2D eigenvalue weighted by Crippen LogP contribution is 2.50. The van der Waals surface area contributed by atoms with E-state index in [1.807, 2.05) is 58.4 Å². The quantitative estimate of drug-likeness (QED) is 0.139. The Morgan fingerprint density at radius 1 is 0.282 bits per heavy atom. The summed E-state index contributed by atoms with van der Waals surface area (Å²) in [7, 11) is 0. The molecule has 0 spiro atoms. The van der Waals surface area contributed by atoms with Gasteiger partial charge in [0, 0.05) is 39.8 Å². The van der Waals surface area contributed by atoms with Crippen LogP contribution >= 0.6 is 58.4 Å². The molecule has 0 aliphatic heterocycles. The maximum absolute atomic E-state index is 2.48. The van der Waals surface area contributed by atoms with Crippen molar-refractivity contribution >= 4 is 69.5 Å². The van der Waals surface area contributed by atoms with E-state index in [9.17, 15) is 0 Å². The van der Waals surface area contributed by atoms with Crippen molar-refractivity contribution in [2.24, 2.45) is 0 Å². The van der Waals surface area contributed by atoms with Gasteiger partial charge in [-0.1, -0.05) is 180 Å². The van der Waals surface area contributed by atoms with Gasteiger partial charge in [-0.2, -0.15) is 0 Å². The molecule has 0 fully saturated rings. The van der Waals surface area contributed by atoms with Crippen molar-refractivity contribution in [1.82, 2.24) is 0 Å². The van der Waals surface area contributed by atoms with E-state index in [4.69, 9.17) is 0 Å². The van der Waals surface area contributed by atoms with Crippen molar-refractivity contribution in [2.75, 3.05) is 25.0 Å². The standard InChI is InChI=1S/C66H70S5/c1-63(2,3)39-17-25-43-47(29-21-39)57(67-13)35-51(43)61(52-36-58(68-14)48-30-22-40(64(4,5)6)18-26-44(48)52)55-33-34-56(71-55)62(53-37-59(69-15)49-31-23-41(65(7,8)9)19-27-45(49)53)54-38-60(70-16)50-32-24-42(66(10,11)12)20-28-46(50)54/h17-38H,1-16H3. The van der Waals surface area contributed by atoms with Crippen molar-refractivity contribution in [3.05, 3.63) is 187 Å². The first-order chi connectivity index (χ1) is 33.5. The Hall–Kier alpha value is -4.36. The average Bonchev–Trinajstić information content (AvgIpc) is 3.98. The molecule has 71 heavy (non-hydrogen) atoms. The highest BCUT2D eigenvalue weighted by atomic mass is 32.2. The van der Waals surface area contributed by atoms with Gasteiger partial charge < -0.3 is 0 Å². The molecule has 0 amide bonds. The van der Waals surface area contributed by atoms with Crippen LogP contribution in [-0.2, 0) is 21.7 Å². The molecule has 1 aromatic heterocycles. The minimum Gasteiger partial charge on any atom is -0.135 e. The van der Waals surface area contributed by atoms with Crippen molar-refractivity contribution < 1.29 is 0 Å². The topological polar surface area (TPSA) is 0 Å². The minimum absolute atomic E-state index is 0.0190. The Balaban J connectivity index is 1.47. The molecule has 0 atom stereocenters. The smallest absolute Gasteiger partial charge is 0.0361 e. The third kappa shape index (κ3) is 9.81. The summed E-state index contributed by atoms with van der Waals surface area (Å²) in [5.41, 5.74) is 23.5. The molecule has 5 heteroatoms. The second-order valence-electron chi connectivity index (χ2n) is 23.2. The van der Waals surface area contributed by atoms with Gasteiger partial charge in [-0.3, -0.25) is 0 Å². The van der Waals surface area contributed by atoms with Crippen LogP contribution in [0.3, 0.4) is 0 Å². The summed E-state index contributed by atoms with van der Waals surface area (Å²) in [6.45, 7) is 27.8. The molecule has 8 aliphatic carbocycles. The molecule has 8 aliphatic rings. The van der Waals surface area contributed by atoms with Crippen LogP contribution in [0.2, 0.25) is 0 Å². The maximum Gasteiger partial charge on any atom is 0.0361 e. The molecule has 364 valence electrons. The van der Waals surface area contributed by atoms with Gasteiger partial charge in [0.2, 0.25) is 0 Å². The van der Waals surface area contributed by atoms with E-state index < -0.39 is 0 Å². The van der Waals surface area contributed by atoms with E-state index >= 15 is 0 Å². The van der Waals surface area contributed by atoms with Gasteiger partial charge in [0.25, 0.3) is 0 Å². The van der Waals surface area contributed by atoms with Crippen LogP contribution in [0.1, 0.15) is 128 Å². The summed E-state index contributed by atoms with van der Waals surface area (Å²) in [5, 5.41) is 0. The zero-order valence-corrected chi connectivity index (χ0v) is 48.8. The number of fused-ring (bicyclic) bond motifs is 4. The van der Waals surface area contributed by atoms with Crippen LogP contribution in [0.4, 0.5) is 0 Å². The molecule has 0 saturated carbocycles. The predicted molar refractivity (Wildman–Crippen MR) is 321 cm³/mol. The van der Waals surface area contributed by atoms with Gasteiger partial charge in [0.1, 0.15) is 0 Å². The summed E-state index contributed by atoms with van der Waals surface area (Å²) in [6.07, 6.45) is 8.92. The van der Waals surface area contributed by atoms with Crippen molar-refractivity contribution in [1.29, 1.82) is 0 Å². The van der Waals surface area contributed by atoms with Crippen LogP contribution in [-0.4, -0.2) is 25.0 Å². The van der Waals surface area contributed by atoms with E-state index in [1.165, 1.54) is 129 Å². The number of rotatable bonds is 8. The van der Waals surface area contributed by atoms with Crippen molar-refractivity contribution in [3.63, 3.8) is 0 Å². The molecule has 0 aromatic carbocycles. The zero-order chi connectivity index (χ0) is 50.9. The number of hydrogen-bond donors (Lipinski definition) is 0. The van der Waals surface area contributed by atoms with Crippen LogP contribution in [0.25, 0.3) is 55.7 Å². The average molecular weight is 1020 g/mol. The van der Waals surface area contributed by atoms with Crippen LogP contribution in [0.15, 0.2) is 153 Å². The fourth-order valence-electron chi connectivity index (χ4n) is 10.2. The van der Waals surface area contributed by atoms with Crippen molar-refractivity contribution in [2.45, 2.75) is 124 Å². The lowest BCUT2D eigenvalue weighted by Gasteiger charge is -2.17. The summed E-state index contributed by atoms with van der Waals surface area (Å²) < 4.78 is 2.54. The lowest BCUT2D eigenvalue weighted by molar-refractivity contribution is 0.590. The Kier molecular flexibility index (Phi) is 14.1. The van der Waals surface area contributed by atoms with Gasteiger partial charge in [0.05, 0.1) is 0 Å². The normalized spacial score (nSPS) is 12.7. The van der Waals surface area contributed by atoms with Crippen LogP contribution in [0.5, 0.6) is 0 Å². The fraction of sp³-hybridized carbons (Fsp3) is 0.303. The molecular formula is C66H70S5. The molecular weight excluding hydrogens is 953 g/mol. The second-order valence-corrected chi connectivity index (χ2v) is 27.7. The molecule has 0 N–H and O–H groups in total. The summed E-state index contributed by atoms with van der Waals surface area (Å²) in [6, 6.07) is 52.8. The Labute approximate surface area is 447 Å². The molecule has 0 saturated heterocycles. The summed E-state index contributed by atoms with van der Waals surface area (Å²) in [4.78, 5) is 5.22. The predicted octanol–water partition coefficient (Wildman–Crippen LogP) is 18.7. The largest absolute Gasteiger partial charge is 0.135 e. The lowest BCUT2D eigenvalue weighted by Crippen LogP contribution is -2.09. The van der Waals surface area contributed by atoms with Crippen LogP contribution in [0, 0.1) is 0 Å². The van der Waals surface area contributed by atoms with Gasteiger partial charge in [-0.05, 0) is 172 Å². The van der Waals surface area contributed by atoms with E-state index in [-0.39, 0.29) is 21.7 Å². The molecule has 1 aromatic rings. The van der Waals surface area contributed by atoms with Gasteiger partial charge >= 0.3 is 0 Å². The lowest BCUT2D eigenvalue weighted by atomic mass is 9.88. The molecule has 0 radical (unpaired) electrons. The third-order valence-electron chi connectivity index (χ3n) is 14.4. The van der Waals surface area contributed by atoms with Crippen molar-refractivity contribution in [3.8, 4) is 44.5 Å². The first-order valence-corrected chi connectivity index (χ1v) is 30.6. The number of thioether (sulfide) groups is 4. The van der Waals surface area contributed by atoms with Crippen LogP contribution < -0.4 is 9.06 Å². The Morgan fingerprint density at radius 2 is 0.479 bits per heavy atom. The molecule has 1 heterocycles. The molecule has 9 rings (SSSR count). The van der Waals surface area contributed by atoms with Gasteiger partial charge in [-0.15, -0.1) is 58.4 Å². The van der Waals surface area contributed by atoms with Gasteiger partial charge in [-0.25, -0.2) is 0 Å². The van der Waals surface area contributed by atoms with Gasteiger partial charge in [0.15, 0.2) is 0 Å². The summed E-state index contributed by atoms with van der Waals surface area (Å²) in [5.74, 6) is 0. The summed E-state index contributed by atoms with van der Waals surface area (Å²) >= 11 is 9.34. The molecule has 0 unspecified atom stereocenters. The van der Waals surface area contributed by atoms with E-state index in [0.717, 1.165) is 0 Å². The first-order valence-electron chi connectivity index (χ1n) is 24.9. The molecule has 0 bridgehead atoms. The van der Waals surface area contributed by atoms with E-state index in [1.54, 1.807) is 0 Å². The Morgan fingerprint density at radius 3 is 0.662 bits per heavy atom. The zero-order valence-electron chi connectivity index (χ0n) is 44.7. The third-order valence-corrected chi connectivity index (χ3v) is 18.7. The minimum atomic E-state index is 0.0190. The second kappa shape index (κ2) is 19.5. The highest BCUT2D eigenvalue weighted by Gasteiger charge is 2.29. The maximum atomic E-state index is 2.48. The fourth-order valence-corrected chi connectivity index (χ4v) is 13.9. The number of hydrogen-bond acceptors (Lipinski definition) is 5. The monoisotopic (exact) mass is 1020 g/mol. The number of thiophene rings is 1. The highest BCUT2D eigenvalue weighted by molar-refractivity contribution is 7.99. The van der Waals surface area contributed by atoms with E-state index in [2.05, 4.69) is 242 Å².